The minimum atomic E-state index is -0.447. The Hall–Kier alpha value is -1.23. The number of carbonyl (C=O) groups is 3. The van der Waals surface area contributed by atoms with E-state index in [0.29, 0.717) is 6.54 Å². The molecule has 0 aromatic carbocycles. The van der Waals surface area contributed by atoms with Crippen molar-refractivity contribution in [2.24, 2.45) is 5.41 Å². The number of Topliss-reactive ketones (excluding diaryl/α,β-unsaturated/α-hetero) is 1. The number of likely N-dealkylation sites (tertiary alicyclic amines) is 1. The summed E-state index contributed by atoms with van der Waals surface area (Å²) in [6, 6.07) is -0.756. The quantitative estimate of drug-likeness (QED) is 0.748. The highest BCUT2D eigenvalue weighted by atomic mass is 16.2. The predicted molar refractivity (Wildman–Crippen MR) is 72.7 cm³/mol. The smallest absolute Gasteiger partial charge is 0.240 e. The van der Waals surface area contributed by atoms with E-state index in [2.05, 4.69) is 5.32 Å². The molecule has 1 aliphatic heterocycles. The number of hydrogen-bond acceptors (Lipinski definition) is 4. The zero-order chi connectivity index (χ0) is 14.6. The van der Waals surface area contributed by atoms with Crippen LogP contribution in [0.15, 0.2) is 0 Å². The minimum Gasteiger partial charge on any atom is -0.332 e. The van der Waals surface area contributed by atoms with Crippen LogP contribution in [0, 0.1) is 5.41 Å². The Morgan fingerprint density at radius 1 is 1.42 bits per heavy atom. The molecule has 108 valence electrons. The highest BCUT2D eigenvalue weighted by Crippen LogP contribution is 2.24. The lowest BCUT2D eigenvalue weighted by Gasteiger charge is -2.34. The molecule has 5 heteroatoms. The first kappa shape index (κ1) is 15.8. The number of amides is 1. The van der Waals surface area contributed by atoms with E-state index < -0.39 is 6.04 Å². The normalized spacial score (nSPS) is 21.3. The molecule has 1 fully saturated rings. The van der Waals surface area contributed by atoms with E-state index in [1.54, 1.807) is 4.90 Å². The van der Waals surface area contributed by atoms with Crippen LogP contribution in [0.3, 0.4) is 0 Å². The monoisotopic (exact) mass is 268 g/mol. The fourth-order valence-corrected chi connectivity index (χ4v) is 2.38. The van der Waals surface area contributed by atoms with E-state index in [1.807, 2.05) is 20.8 Å². The molecular weight excluding hydrogens is 244 g/mol. The van der Waals surface area contributed by atoms with Crippen LogP contribution in [0.4, 0.5) is 0 Å². The van der Waals surface area contributed by atoms with E-state index in [-0.39, 0.29) is 29.7 Å². The summed E-state index contributed by atoms with van der Waals surface area (Å²) in [5, 5.41) is 3.02. The van der Waals surface area contributed by atoms with E-state index in [0.717, 1.165) is 19.1 Å². The van der Waals surface area contributed by atoms with E-state index >= 15 is 0 Å². The first-order chi connectivity index (χ1) is 8.77. The van der Waals surface area contributed by atoms with Gasteiger partial charge in [-0.1, -0.05) is 20.8 Å². The summed E-state index contributed by atoms with van der Waals surface area (Å²) in [5.41, 5.74) is -0.303. The number of hydrogen-bond donors (Lipinski definition) is 1. The second-order valence-corrected chi connectivity index (χ2v) is 6.26. The highest BCUT2D eigenvalue weighted by molar-refractivity contribution is 5.86. The summed E-state index contributed by atoms with van der Waals surface area (Å²) >= 11 is 0. The Morgan fingerprint density at radius 2 is 2.05 bits per heavy atom. The Bertz CT molecular complexity index is 360. The molecule has 1 rings (SSSR count). The summed E-state index contributed by atoms with van der Waals surface area (Å²) < 4.78 is 0. The van der Waals surface area contributed by atoms with Crippen molar-refractivity contribution < 1.29 is 14.4 Å². The molecule has 1 heterocycles. The molecule has 5 nitrogen and oxygen atoms in total. The Balaban J connectivity index is 2.82. The first-order valence-corrected chi connectivity index (χ1v) is 6.76. The van der Waals surface area contributed by atoms with Gasteiger partial charge in [0.1, 0.15) is 12.1 Å². The largest absolute Gasteiger partial charge is 0.332 e. The standard InChI is InChI=1S/C14H24N2O3/c1-10(18)8-15-12(14(2,3)4)13(19)16-7-5-6-11(16)9-17/h9,11-12,15H,5-8H2,1-4H3/t11-,12+/m0/s1. The van der Waals surface area contributed by atoms with Crippen LogP contribution in [0.2, 0.25) is 0 Å². The van der Waals surface area contributed by atoms with Crippen molar-refractivity contribution in [2.45, 2.75) is 52.6 Å². The lowest BCUT2D eigenvalue weighted by molar-refractivity contribution is -0.139. The molecule has 0 bridgehead atoms. The molecule has 19 heavy (non-hydrogen) atoms. The molecule has 0 radical (unpaired) electrons. The third-order valence-corrected chi connectivity index (χ3v) is 3.41. The fraction of sp³-hybridized carbons (Fsp3) is 0.786. The van der Waals surface area contributed by atoms with Gasteiger partial charge in [-0.2, -0.15) is 0 Å². The van der Waals surface area contributed by atoms with E-state index in [9.17, 15) is 14.4 Å². The zero-order valence-corrected chi connectivity index (χ0v) is 12.2. The van der Waals surface area contributed by atoms with Gasteiger partial charge in [0.05, 0.1) is 18.6 Å². The molecule has 0 aromatic rings. The number of carbonyl (C=O) groups excluding carboxylic acids is 3. The van der Waals surface area contributed by atoms with Crippen molar-refractivity contribution in [3.05, 3.63) is 0 Å². The van der Waals surface area contributed by atoms with Crippen LogP contribution in [0.1, 0.15) is 40.5 Å². The van der Waals surface area contributed by atoms with Gasteiger partial charge in [0.2, 0.25) is 5.91 Å². The second-order valence-electron chi connectivity index (χ2n) is 6.26. The molecule has 1 amide bonds. The molecule has 0 unspecified atom stereocenters. The minimum absolute atomic E-state index is 0.00425. The number of nitrogens with zero attached hydrogens (tertiary/aromatic N) is 1. The first-order valence-electron chi connectivity index (χ1n) is 6.76. The van der Waals surface area contributed by atoms with Crippen LogP contribution in [0.25, 0.3) is 0 Å². The fourth-order valence-electron chi connectivity index (χ4n) is 2.38. The maximum Gasteiger partial charge on any atom is 0.240 e. The lowest BCUT2D eigenvalue weighted by atomic mass is 9.85. The molecule has 0 spiro atoms. The molecule has 2 atom stereocenters. The molecule has 1 aliphatic rings. The average Bonchev–Trinajstić information content (AvgIpc) is 2.74. The second kappa shape index (κ2) is 6.28. The summed E-state index contributed by atoms with van der Waals surface area (Å²) in [5.74, 6) is -0.0845. The van der Waals surface area contributed by atoms with Crippen LogP contribution < -0.4 is 5.32 Å². The van der Waals surface area contributed by atoms with Gasteiger partial charge in [0.25, 0.3) is 0 Å². The average molecular weight is 268 g/mol. The molecule has 0 aromatic heterocycles. The number of nitrogens with one attached hydrogen (secondary N) is 1. The Labute approximate surface area is 114 Å². The number of aldehydes is 1. The number of rotatable bonds is 5. The lowest BCUT2D eigenvalue weighted by Crippen LogP contribution is -2.55. The van der Waals surface area contributed by atoms with Gasteiger partial charge < -0.3 is 9.69 Å². The van der Waals surface area contributed by atoms with Gasteiger partial charge >= 0.3 is 0 Å². The SMILES string of the molecule is CC(=O)CN[C@H](C(=O)N1CCC[C@H]1C=O)C(C)(C)C. The predicted octanol–water partition coefficient (Wildman–Crippen LogP) is 0.770. The summed E-state index contributed by atoms with van der Waals surface area (Å²) in [4.78, 5) is 36.3. The van der Waals surface area contributed by atoms with Crippen molar-refractivity contribution in [3.8, 4) is 0 Å². The molecular formula is C14H24N2O3. The van der Waals surface area contributed by atoms with Crippen LogP contribution in [-0.2, 0) is 14.4 Å². The van der Waals surface area contributed by atoms with E-state index in [1.165, 1.54) is 6.92 Å². The van der Waals surface area contributed by atoms with Crippen molar-refractivity contribution in [2.75, 3.05) is 13.1 Å². The summed E-state index contributed by atoms with van der Waals surface area (Å²) in [6.07, 6.45) is 2.44. The Morgan fingerprint density at radius 3 is 2.53 bits per heavy atom. The topological polar surface area (TPSA) is 66.5 Å². The molecule has 1 saturated heterocycles. The van der Waals surface area contributed by atoms with Crippen LogP contribution in [-0.4, -0.2) is 48.0 Å². The molecule has 0 saturated carbocycles. The van der Waals surface area contributed by atoms with Crippen molar-refractivity contribution >= 4 is 18.0 Å². The third-order valence-electron chi connectivity index (χ3n) is 3.41. The van der Waals surface area contributed by atoms with Gasteiger partial charge in [-0.25, -0.2) is 0 Å². The van der Waals surface area contributed by atoms with Crippen LogP contribution in [0.5, 0.6) is 0 Å². The van der Waals surface area contributed by atoms with Gasteiger partial charge in [-0.15, -0.1) is 0 Å². The van der Waals surface area contributed by atoms with Gasteiger partial charge in [-0.05, 0) is 25.2 Å². The van der Waals surface area contributed by atoms with E-state index in [4.69, 9.17) is 0 Å². The van der Waals surface area contributed by atoms with Gasteiger partial charge in [-0.3, -0.25) is 14.9 Å². The number of ketones is 1. The third kappa shape index (κ3) is 4.13. The molecule has 1 N–H and O–H groups in total. The van der Waals surface area contributed by atoms with Gasteiger partial charge in [0.15, 0.2) is 0 Å². The molecule has 0 aliphatic carbocycles. The van der Waals surface area contributed by atoms with Gasteiger partial charge in [0, 0.05) is 6.54 Å². The maximum atomic E-state index is 12.6. The zero-order valence-electron chi connectivity index (χ0n) is 12.2. The van der Waals surface area contributed by atoms with Crippen molar-refractivity contribution in [3.63, 3.8) is 0 Å². The van der Waals surface area contributed by atoms with Crippen molar-refractivity contribution in [1.29, 1.82) is 0 Å². The summed E-state index contributed by atoms with van der Waals surface area (Å²) in [6.45, 7) is 8.14. The van der Waals surface area contributed by atoms with Crippen LogP contribution >= 0.6 is 0 Å². The Kier molecular flexibility index (Phi) is 5.23. The highest BCUT2D eigenvalue weighted by Gasteiger charge is 2.38. The van der Waals surface area contributed by atoms with Crippen molar-refractivity contribution in [1.82, 2.24) is 10.2 Å². The maximum absolute atomic E-state index is 12.6. The summed E-state index contributed by atoms with van der Waals surface area (Å²) in [7, 11) is 0.